The smallest absolute Gasteiger partial charge is 0.308 e. The average molecular weight is 249 g/mol. The lowest BCUT2D eigenvalue weighted by molar-refractivity contribution is -0.136. The van der Waals surface area contributed by atoms with Crippen molar-refractivity contribution in [2.75, 3.05) is 0 Å². The van der Waals surface area contributed by atoms with E-state index in [0.29, 0.717) is 5.56 Å². The highest BCUT2D eigenvalue weighted by atomic mass is 32.1. The summed E-state index contributed by atoms with van der Waals surface area (Å²) in [7, 11) is 1.66. The van der Waals surface area contributed by atoms with Crippen LogP contribution in [0.2, 0.25) is 0 Å². The molecular weight excluding hydrogens is 238 g/mol. The van der Waals surface area contributed by atoms with E-state index in [1.807, 2.05) is 17.5 Å². The van der Waals surface area contributed by atoms with Crippen LogP contribution in [0.5, 0.6) is 0 Å². The SMILES string of the molecule is Cn1c(-c2cccs2)ccc(CC(=O)O)c1=O. The Morgan fingerprint density at radius 1 is 1.41 bits per heavy atom. The normalized spacial score (nSPS) is 10.4. The number of hydrogen-bond donors (Lipinski definition) is 1. The summed E-state index contributed by atoms with van der Waals surface area (Å²) in [6.07, 6.45) is -0.239. The summed E-state index contributed by atoms with van der Waals surface area (Å²) >= 11 is 1.54. The lowest BCUT2D eigenvalue weighted by atomic mass is 10.1. The summed E-state index contributed by atoms with van der Waals surface area (Å²) in [6, 6.07) is 7.21. The molecule has 0 aliphatic rings. The standard InChI is InChI=1S/C12H11NO3S/c1-13-9(10-3-2-6-17-10)5-4-8(12(13)16)7-11(14)15/h2-6H,7H2,1H3,(H,14,15). The molecule has 17 heavy (non-hydrogen) atoms. The van der Waals surface area contributed by atoms with Gasteiger partial charge in [-0.25, -0.2) is 0 Å². The fraction of sp³-hybridized carbons (Fsp3) is 0.167. The minimum Gasteiger partial charge on any atom is -0.481 e. The van der Waals surface area contributed by atoms with Crippen LogP contribution in [0.1, 0.15) is 5.56 Å². The third kappa shape index (κ3) is 2.29. The lowest BCUT2D eigenvalue weighted by Crippen LogP contribution is -2.23. The molecule has 0 unspecified atom stereocenters. The molecule has 0 radical (unpaired) electrons. The van der Waals surface area contributed by atoms with Crippen molar-refractivity contribution in [3.8, 4) is 10.6 Å². The van der Waals surface area contributed by atoms with E-state index < -0.39 is 5.97 Å². The van der Waals surface area contributed by atoms with E-state index in [9.17, 15) is 9.59 Å². The first kappa shape index (κ1) is 11.6. The number of carboxylic acid groups (broad SMARTS) is 1. The van der Waals surface area contributed by atoms with Crippen LogP contribution < -0.4 is 5.56 Å². The first-order valence-corrected chi connectivity index (χ1v) is 5.92. The maximum atomic E-state index is 11.9. The zero-order valence-corrected chi connectivity index (χ0v) is 10.0. The number of carbonyl (C=O) groups is 1. The molecule has 1 N–H and O–H groups in total. The molecule has 0 fully saturated rings. The molecule has 0 amide bonds. The molecule has 4 nitrogen and oxygen atoms in total. The van der Waals surface area contributed by atoms with Gasteiger partial charge in [-0.15, -0.1) is 11.3 Å². The number of pyridine rings is 1. The molecule has 0 aliphatic carbocycles. The summed E-state index contributed by atoms with van der Waals surface area (Å²) in [5.41, 5.74) is 0.859. The molecular formula is C12H11NO3S. The third-order valence-electron chi connectivity index (χ3n) is 2.50. The number of thiophene rings is 1. The Labute approximate surface area is 102 Å². The quantitative estimate of drug-likeness (QED) is 0.901. The van der Waals surface area contributed by atoms with E-state index in [1.54, 1.807) is 30.5 Å². The highest BCUT2D eigenvalue weighted by Crippen LogP contribution is 2.22. The van der Waals surface area contributed by atoms with Gasteiger partial charge in [-0.2, -0.15) is 0 Å². The topological polar surface area (TPSA) is 59.3 Å². The molecule has 0 bridgehead atoms. The molecule has 5 heteroatoms. The minimum absolute atomic E-state index is 0.239. The van der Waals surface area contributed by atoms with Gasteiger partial charge in [-0.3, -0.25) is 9.59 Å². The summed E-state index contributed by atoms with van der Waals surface area (Å²) in [6.45, 7) is 0. The van der Waals surface area contributed by atoms with Crippen LogP contribution in [0.25, 0.3) is 10.6 Å². The number of carboxylic acids is 1. The number of aromatic nitrogens is 1. The van der Waals surface area contributed by atoms with E-state index in [0.717, 1.165) is 10.6 Å². The Hall–Kier alpha value is -1.88. The van der Waals surface area contributed by atoms with Crippen LogP contribution in [0.4, 0.5) is 0 Å². The van der Waals surface area contributed by atoms with Gasteiger partial charge in [0.05, 0.1) is 17.0 Å². The second kappa shape index (κ2) is 4.55. The summed E-state index contributed by atoms with van der Waals surface area (Å²) in [5.74, 6) is -0.994. The van der Waals surface area contributed by atoms with Gasteiger partial charge in [0.25, 0.3) is 5.56 Å². The Kier molecular flexibility index (Phi) is 3.10. The molecule has 0 aliphatic heterocycles. The highest BCUT2D eigenvalue weighted by molar-refractivity contribution is 7.13. The molecule has 0 saturated heterocycles. The minimum atomic E-state index is -0.994. The van der Waals surface area contributed by atoms with Crippen molar-refractivity contribution >= 4 is 17.3 Å². The maximum absolute atomic E-state index is 11.9. The maximum Gasteiger partial charge on any atom is 0.308 e. The van der Waals surface area contributed by atoms with E-state index in [2.05, 4.69) is 0 Å². The summed E-state index contributed by atoms with van der Waals surface area (Å²) < 4.78 is 1.49. The van der Waals surface area contributed by atoms with Crippen molar-refractivity contribution in [3.05, 3.63) is 45.6 Å². The average Bonchev–Trinajstić information content (AvgIpc) is 2.78. The van der Waals surface area contributed by atoms with Crippen molar-refractivity contribution in [1.82, 2.24) is 4.57 Å². The molecule has 0 spiro atoms. The van der Waals surface area contributed by atoms with Gasteiger partial charge in [0.1, 0.15) is 0 Å². The predicted octanol–water partition coefficient (Wildman–Crippen LogP) is 1.74. The number of hydrogen-bond acceptors (Lipinski definition) is 3. The monoisotopic (exact) mass is 249 g/mol. The fourth-order valence-electron chi connectivity index (χ4n) is 1.66. The largest absolute Gasteiger partial charge is 0.481 e. The number of nitrogens with zero attached hydrogens (tertiary/aromatic N) is 1. The molecule has 0 aromatic carbocycles. The molecule has 2 aromatic heterocycles. The van der Waals surface area contributed by atoms with Gasteiger partial charge in [0, 0.05) is 12.6 Å². The van der Waals surface area contributed by atoms with E-state index in [4.69, 9.17) is 5.11 Å². The molecule has 2 rings (SSSR count). The van der Waals surface area contributed by atoms with Gasteiger partial charge >= 0.3 is 5.97 Å². The Balaban J connectivity index is 2.50. The van der Waals surface area contributed by atoms with Crippen LogP contribution in [-0.2, 0) is 18.3 Å². The molecule has 0 saturated carbocycles. The predicted molar refractivity (Wildman–Crippen MR) is 66.3 cm³/mol. The van der Waals surface area contributed by atoms with Gasteiger partial charge < -0.3 is 9.67 Å². The van der Waals surface area contributed by atoms with Crippen LogP contribution in [0.3, 0.4) is 0 Å². The first-order valence-electron chi connectivity index (χ1n) is 5.04. The second-order valence-electron chi connectivity index (χ2n) is 3.66. The highest BCUT2D eigenvalue weighted by Gasteiger charge is 2.10. The van der Waals surface area contributed by atoms with Gasteiger partial charge in [-0.1, -0.05) is 12.1 Å². The van der Waals surface area contributed by atoms with Crippen molar-refractivity contribution in [2.45, 2.75) is 6.42 Å². The Morgan fingerprint density at radius 2 is 2.18 bits per heavy atom. The molecule has 0 atom stereocenters. The summed E-state index contributed by atoms with van der Waals surface area (Å²) in [5, 5.41) is 10.6. The lowest BCUT2D eigenvalue weighted by Gasteiger charge is -2.07. The second-order valence-corrected chi connectivity index (χ2v) is 4.60. The zero-order valence-electron chi connectivity index (χ0n) is 9.21. The van der Waals surface area contributed by atoms with Crippen LogP contribution in [0.15, 0.2) is 34.4 Å². The number of aliphatic carboxylic acids is 1. The zero-order chi connectivity index (χ0) is 12.4. The third-order valence-corrected chi connectivity index (χ3v) is 3.39. The van der Waals surface area contributed by atoms with Gasteiger partial charge in [-0.05, 0) is 17.5 Å². The molecule has 88 valence electrons. The van der Waals surface area contributed by atoms with E-state index in [1.165, 1.54) is 4.57 Å². The first-order chi connectivity index (χ1) is 8.09. The summed E-state index contributed by atoms with van der Waals surface area (Å²) in [4.78, 5) is 23.5. The van der Waals surface area contributed by atoms with Crippen molar-refractivity contribution in [1.29, 1.82) is 0 Å². The molecule has 2 heterocycles. The molecule has 2 aromatic rings. The van der Waals surface area contributed by atoms with Crippen molar-refractivity contribution in [3.63, 3.8) is 0 Å². The van der Waals surface area contributed by atoms with Gasteiger partial charge in [0.15, 0.2) is 0 Å². The van der Waals surface area contributed by atoms with E-state index in [-0.39, 0.29) is 12.0 Å². The van der Waals surface area contributed by atoms with E-state index >= 15 is 0 Å². The van der Waals surface area contributed by atoms with Crippen LogP contribution >= 0.6 is 11.3 Å². The van der Waals surface area contributed by atoms with Gasteiger partial charge in [0.2, 0.25) is 0 Å². The van der Waals surface area contributed by atoms with Crippen LogP contribution in [-0.4, -0.2) is 15.6 Å². The van der Waals surface area contributed by atoms with Crippen molar-refractivity contribution in [2.24, 2.45) is 7.05 Å². The Morgan fingerprint density at radius 3 is 2.76 bits per heavy atom. The van der Waals surface area contributed by atoms with Crippen LogP contribution in [0, 0.1) is 0 Å². The fourth-order valence-corrected chi connectivity index (χ4v) is 2.44. The van der Waals surface area contributed by atoms with Crippen molar-refractivity contribution < 1.29 is 9.90 Å². The number of rotatable bonds is 3. The Bertz CT molecular complexity index is 599.